The van der Waals surface area contributed by atoms with Gasteiger partial charge in [-0.1, -0.05) is 39.0 Å². The number of benzene rings is 1. The van der Waals surface area contributed by atoms with Gasteiger partial charge in [-0.15, -0.1) is 0 Å². The molecule has 0 aliphatic carbocycles. The van der Waals surface area contributed by atoms with E-state index in [-0.39, 0.29) is 5.60 Å². The SMILES string of the molecule is C=C(NCCc1ccc(O)cc1)OC(C)(C)C.CC/C=C(/NN)C(C)CC. The average molecular weight is 378 g/mol. The molecule has 1 rings (SSSR count). The third-order valence-corrected chi connectivity index (χ3v) is 3.84. The lowest BCUT2D eigenvalue weighted by Gasteiger charge is -2.23. The van der Waals surface area contributed by atoms with Crippen molar-refractivity contribution in [3.8, 4) is 5.75 Å². The topological polar surface area (TPSA) is 79.5 Å². The molecule has 1 atom stereocenters. The van der Waals surface area contributed by atoms with Crippen molar-refractivity contribution in [1.29, 1.82) is 0 Å². The number of hydrogen-bond acceptors (Lipinski definition) is 5. The molecule has 0 aliphatic rings. The van der Waals surface area contributed by atoms with E-state index < -0.39 is 0 Å². The van der Waals surface area contributed by atoms with Crippen molar-refractivity contribution < 1.29 is 9.84 Å². The Morgan fingerprint density at radius 3 is 2.30 bits per heavy atom. The zero-order valence-corrected chi connectivity index (χ0v) is 17.9. The minimum Gasteiger partial charge on any atom is -0.508 e. The van der Waals surface area contributed by atoms with Gasteiger partial charge in [0.15, 0.2) is 5.88 Å². The van der Waals surface area contributed by atoms with E-state index in [2.05, 4.69) is 44.2 Å². The Morgan fingerprint density at radius 2 is 1.85 bits per heavy atom. The fraction of sp³-hybridized carbons (Fsp3) is 0.545. The van der Waals surface area contributed by atoms with Gasteiger partial charge in [-0.25, -0.2) is 0 Å². The molecule has 27 heavy (non-hydrogen) atoms. The summed E-state index contributed by atoms with van der Waals surface area (Å²) in [4.78, 5) is 0. The Morgan fingerprint density at radius 1 is 1.26 bits per heavy atom. The molecule has 1 unspecified atom stereocenters. The van der Waals surface area contributed by atoms with Gasteiger partial charge in [0, 0.05) is 12.2 Å². The van der Waals surface area contributed by atoms with Crippen LogP contribution in [0, 0.1) is 5.92 Å². The lowest BCUT2D eigenvalue weighted by Crippen LogP contribution is -2.26. The van der Waals surface area contributed by atoms with Crippen LogP contribution in [0.15, 0.2) is 48.5 Å². The third kappa shape index (κ3) is 12.8. The number of ether oxygens (including phenoxy) is 1. The van der Waals surface area contributed by atoms with Gasteiger partial charge in [0.2, 0.25) is 0 Å². The predicted octanol–water partition coefficient (Wildman–Crippen LogP) is 4.60. The van der Waals surface area contributed by atoms with Gasteiger partial charge >= 0.3 is 0 Å². The second-order valence-corrected chi connectivity index (χ2v) is 7.50. The van der Waals surface area contributed by atoms with Crippen LogP contribution in [0.1, 0.15) is 59.9 Å². The van der Waals surface area contributed by atoms with Gasteiger partial charge < -0.3 is 20.6 Å². The first kappa shape index (κ1) is 24.9. The molecule has 0 bridgehead atoms. The largest absolute Gasteiger partial charge is 0.508 e. The van der Waals surface area contributed by atoms with Crippen LogP contribution < -0.4 is 16.6 Å². The van der Waals surface area contributed by atoms with Crippen LogP contribution in [0.3, 0.4) is 0 Å². The van der Waals surface area contributed by atoms with E-state index in [1.807, 2.05) is 32.9 Å². The van der Waals surface area contributed by atoms with E-state index in [9.17, 15) is 0 Å². The molecule has 0 aliphatic heterocycles. The van der Waals surface area contributed by atoms with Gasteiger partial charge in [0.05, 0.1) is 0 Å². The summed E-state index contributed by atoms with van der Waals surface area (Å²) in [6.07, 6.45) is 5.18. The summed E-state index contributed by atoms with van der Waals surface area (Å²) in [5, 5.41) is 12.3. The number of hydrogen-bond donors (Lipinski definition) is 4. The number of nitrogens with one attached hydrogen (secondary N) is 2. The zero-order chi connectivity index (χ0) is 20.9. The van der Waals surface area contributed by atoms with Crippen LogP contribution in [-0.2, 0) is 11.2 Å². The Hall–Kier alpha value is -2.14. The van der Waals surface area contributed by atoms with Crippen LogP contribution in [-0.4, -0.2) is 17.3 Å². The Bertz CT molecular complexity index is 560. The molecule has 0 amide bonds. The van der Waals surface area contributed by atoms with Crippen molar-refractivity contribution in [2.45, 2.75) is 66.4 Å². The number of nitrogens with two attached hydrogens (primary N) is 1. The molecular formula is C22H39N3O2. The summed E-state index contributed by atoms with van der Waals surface area (Å²) < 4.78 is 5.55. The van der Waals surface area contributed by atoms with Crippen LogP contribution >= 0.6 is 0 Å². The van der Waals surface area contributed by atoms with Crippen LogP contribution in [0.2, 0.25) is 0 Å². The van der Waals surface area contributed by atoms with Crippen molar-refractivity contribution in [2.75, 3.05) is 6.54 Å². The molecule has 0 fully saturated rings. The van der Waals surface area contributed by atoms with Crippen molar-refractivity contribution in [3.63, 3.8) is 0 Å². The number of allylic oxidation sites excluding steroid dienone is 2. The summed E-state index contributed by atoms with van der Waals surface area (Å²) >= 11 is 0. The monoisotopic (exact) mass is 377 g/mol. The molecule has 0 radical (unpaired) electrons. The molecule has 0 aromatic heterocycles. The highest BCUT2D eigenvalue weighted by Crippen LogP contribution is 2.12. The third-order valence-electron chi connectivity index (χ3n) is 3.84. The predicted molar refractivity (Wildman–Crippen MR) is 115 cm³/mol. The van der Waals surface area contributed by atoms with Gasteiger partial charge in [-0.05, 0) is 70.2 Å². The van der Waals surface area contributed by atoms with E-state index in [4.69, 9.17) is 15.7 Å². The van der Waals surface area contributed by atoms with Crippen LogP contribution in [0.5, 0.6) is 5.75 Å². The highest BCUT2D eigenvalue weighted by molar-refractivity contribution is 5.26. The minimum absolute atomic E-state index is 0.220. The molecule has 5 nitrogen and oxygen atoms in total. The molecule has 154 valence electrons. The summed E-state index contributed by atoms with van der Waals surface area (Å²) in [5.74, 6) is 6.76. The maximum absolute atomic E-state index is 9.15. The van der Waals surface area contributed by atoms with Crippen molar-refractivity contribution in [2.24, 2.45) is 11.8 Å². The number of aromatic hydroxyl groups is 1. The average Bonchev–Trinajstić information content (AvgIpc) is 2.59. The van der Waals surface area contributed by atoms with Crippen molar-refractivity contribution in [1.82, 2.24) is 10.7 Å². The number of hydrazine groups is 1. The van der Waals surface area contributed by atoms with E-state index in [0.717, 1.165) is 31.5 Å². The number of phenols is 1. The minimum atomic E-state index is -0.220. The lowest BCUT2D eigenvalue weighted by molar-refractivity contribution is 0.0417. The molecule has 0 saturated heterocycles. The smallest absolute Gasteiger partial charge is 0.179 e. The van der Waals surface area contributed by atoms with E-state index in [1.165, 1.54) is 5.56 Å². The Balaban J connectivity index is 0.000000580. The molecule has 5 N–H and O–H groups in total. The molecule has 0 saturated carbocycles. The Labute approximate surface area is 165 Å². The maximum atomic E-state index is 9.15. The van der Waals surface area contributed by atoms with E-state index in [1.54, 1.807) is 12.1 Å². The van der Waals surface area contributed by atoms with Crippen molar-refractivity contribution in [3.05, 3.63) is 54.1 Å². The summed E-state index contributed by atoms with van der Waals surface area (Å²) in [5.41, 5.74) is 4.82. The standard InChI is InChI=1S/C14H21NO2.C8H18N2/c1-11(17-14(2,3)4)15-10-9-12-5-7-13(16)8-6-12;1-4-6-8(10-9)7(3)5-2/h5-8,15-16H,1,9-10H2,2-4H3;6-7,10H,4-5,9H2,1-3H3/b;8-6+. The summed E-state index contributed by atoms with van der Waals surface area (Å²) in [6.45, 7) is 17.0. The maximum Gasteiger partial charge on any atom is 0.179 e. The molecule has 1 aromatic carbocycles. The molecular weight excluding hydrogens is 338 g/mol. The Kier molecular flexibility index (Phi) is 12.1. The fourth-order valence-electron chi connectivity index (χ4n) is 2.26. The quantitative estimate of drug-likeness (QED) is 0.287. The van der Waals surface area contributed by atoms with Crippen molar-refractivity contribution >= 4 is 0 Å². The fourth-order valence-corrected chi connectivity index (χ4v) is 2.26. The second-order valence-electron chi connectivity index (χ2n) is 7.50. The van der Waals surface area contributed by atoms with E-state index >= 15 is 0 Å². The van der Waals surface area contributed by atoms with Crippen LogP contribution in [0.25, 0.3) is 0 Å². The first-order chi connectivity index (χ1) is 12.6. The van der Waals surface area contributed by atoms with Gasteiger partial charge in [0.25, 0.3) is 0 Å². The first-order valence-electron chi connectivity index (χ1n) is 9.69. The summed E-state index contributed by atoms with van der Waals surface area (Å²) in [7, 11) is 0. The molecule has 5 heteroatoms. The first-order valence-corrected chi connectivity index (χ1v) is 9.69. The van der Waals surface area contributed by atoms with Gasteiger partial charge in [-0.3, -0.25) is 5.84 Å². The number of phenolic OH excluding ortho intramolecular Hbond substituents is 1. The zero-order valence-electron chi connectivity index (χ0n) is 17.9. The molecule has 1 aromatic rings. The second kappa shape index (κ2) is 13.1. The highest BCUT2D eigenvalue weighted by Gasteiger charge is 2.11. The number of rotatable bonds is 9. The lowest BCUT2D eigenvalue weighted by atomic mass is 10.0. The van der Waals surface area contributed by atoms with Gasteiger partial charge in [-0.2, -0.15) is 0 Å². The van der Waals surface area contributed by atoms with Gasteiger partial charge in [0.1, 0.15) is 11.4 Å². The summed E-state index contributed by atoms with van der Waals surface area (Å²) in [6, 6.07) is 7.19. The molecule has 0 heterocycles. The van der Waals surface area contributed by atoms with E-state index in [0.29, 0.717) is 17.6 Å². The normalized spacial score (nSPS) is 12.5. The molecule has 0 spiro atoms. The van der Waals surface area contributed by atoms with Crippen LogP contribution in [0.4, 0.5) is 0 Å². The highest BCUT2D eigenvalue weighted by atomic mass is 16.5.